The van der Waals surface area contributed by atoms with Gasteiger partial charge in [0.2, 0.25) is 0 Å². The molecule has 3 nitrogen and oxygen atoms in total. The third-order valence-electron chi connectivity index (χ3n) is 3.84. The van der Waals surface area contributed by atoms with Crippen molar-refractivity contribution in [3.63, 3.8) is 0 Å². The van der Waals surface area contributed by atoms with E-state index >= 15 is 0 Å². The van der Waals surface area contributed by atoms with Crippen molar-refractivity contribution < 1.29 is 4.79 Å². The molecule has 1 saturated carbocycles. The van der Waals surface area contributed by atoms with E-state index in [1.54, 1.807) is 0 Å². The van der Waals surface area contributed by atoms with Gasteiger partial charge >= 0.3 is 0 Å². The summed E-state index contributed by atoms with van der Waals surface area (Å²) in [7, 11) is 0. The van der Waals surface area contributed by atoms with Gasteiger partial charge in [0.05, 0.1) is 0 Å². The highest BCUT2D eigenvalue weighted by Crippen LogP contribution is 2.24. The quantitative estimate of drug-likeness (QED) is 0.883. The van der Waals surface area contributed by atoms with E-state index in [4.69, 9.17) is 5.73 Å². The predicted molar refractivity (Wildman–Crippen MR) is 77.0 cm³/mol. The van der Waals surface area contributed by atoms with Crippen molar-refractivity contribution in [2.75, 3.05) is 6.54 Å². The minimum atomic E-state index is 0.00576. The van der Waals surface area contributed by atoms with E-state index in [0.29, 0.717) is 12.0 Å². The number of amides is 1. The molecule has 0 heterocycles. The normalized spacial score (nSPS) is 21.9. The lowest BCUT2D eigenvalue weighted by Crippen LogP contribution is -2.42. The second kappa shape index (κ2) is 5.02. The Morgan fingerprint density at radius 1 is 1.16 bits per heavy atom. The molecule has 3 heteroatoms. The second-order valence-corrected chi connectivity index (χ2v) is 5.37. The summed E-state index contributed by atoms with van der Waals surface area (Å²) < 4.78 is 0. The number of nitrogens with two attached hydrogens (primary N) is 1. The van der Waals surface area contributed by atoms with Crippen molar-refractivity contribution in [2.45, 2.75) is 18.9 Å². The maximum Gasteiger partial charge on any atom is 0.251 e. The van der Waals surface area contributed by atoms with Crippen molar-refractivity contribution in [3.8, 4) is 0 Å². The summed E-state index contributed by atoms with van der Waals surface area (Å²) in [6.07, 6.45) is 2.05. The van der Waals surface area contributed by atoms with Crippen LogP contribution in [0.15, 0.2) is 42.5 Å². The summed E-state index contributed by atoms with van der Waals surface area (Å²) in [5.41, 5.74) is 6.46. The number of carbonyl (C=O) groups excluding carboxylic acids is 1. The molecule has 1 aliphatic carbocycles. The number of hydrogen-bond acceptors (Lipinski definition) is 2. The lowest BCUT2D eigenvalue weighted by atomic mass is 9.81. The molecule has 1 fully saturated rings. The number of hydrogen-bond donors (Lipinski definition) is 2. The van der Waals surface area contributed by atoms with Gasteiger partial charge < -0.3 is 11.1 Å². The van der Waals surface area contributed by atoms with Gasteiger partial charge in [0, 0.05) is 18.2 Å². The molecule has 0 atom stereocenters. The molecule has 0 spiro atoms. The fraction of sp³-hybridized carbons (Fsp3) is 0.312. The van der Waals surface area contributed by atoms with E-state index in [1.165, 1.54) is 0 Å². The number of fused-ring (bicyclic) bond motifs is 1. The molecule has 0 aromatic heterocycles. The summed E-state index contributed by atoms with van der Waals surface area (Å²) >= 11 is 0. The highest BCUT2D eigenvalue weighted by molar-refractivity contribution is 5.98. The maximum atomic E-state index is 12.1. The van der Waals surface area contributed by atoms with Crippen molar-refractivity contribution in [3.05, 3.63) is 48.0 Å². The number of carbonyl (C=O) groups is 1. The molecule has 0 saturated heterocycles. The van der Waals surface area contributed by atoms with Crippen LogP contribution in [0.25, 0.3) is 10.8 Å². The van der Waals surface area contributed by atoms with Crippen LogP contribution in [0.1, 0.15) is 23.2 Å². The summed E-state index contributed by atoms with van der Waals surface area (Å²) in [5.74, 6) is 0.561. The molecule has 3 rings (SSSR count). The molecule has 0 bridgehead atoms. The minimum Gasteiger partial charge on any atom is -0.352 e. The van der Waals surface area contributed by atoms with Crippen LogP contribution in [0.4, 0.5) is 0 Å². The van der Waals surface area contributed by atoms with E-state index in [-0.39, 0.29) is 5.91 Å². The van der Waals surface area contributed by atoms with Crippen molar-refractivity contribution in [2.24, 2.45) is 11.7 Å². The molecule has 0 unspecified atom stereocenters. The smallest absolute Gasteiger partial charge is 0.251 e. The van der Waals surface area contributed by atoms with E-state index < -0.39 is 0 Å². The number of benzene rings is 2. The topological polar surface area (TPSA) is 55.1 Å². The molecular formula is C16H18N2O. The Morgan fingerprint density at radius 3 is 2.63 bits per heavy atom. The van der Waals surface area contributed by atoms with E-state index in [1.807, 2.05) is 42.5 Å². The standard InChI is InChI=1S/C16H18N2O/c17-15-7-11(8-15)10-18-16(19)14-6-5-12-3-1-2-4-13(12)9-14/h1-6,9,11,15H,7-8,10,17H2,(H,18,19). The predicted octanol–water partition coefficient (Wildman–Crippen LogP) is 2.31. The third kappa shape index (κ3) is 2.61. The Labute approximate surface area is 112 Å². The molecule has 1 aliphatic rings. The Bertz CT molecular complexity index is 602. The molecule has 0 aliphatic heterocycles. The second-order valence-electron chi connectivity index (χ2n) is 5.37. The molecule has 0 radical (unpaired) electrons. The van der Waals surface area contributed by atoms with Gasteiger partial charge in [-0.25, -0.2) is 0 Å². The van der Waals surface area contributed by atoms with Crippen molar-refractivity contribution >= 4 is 16.7 Å². The fourth-order valence-corrected chi connectivity index (χ4v) is 2.62. The van der Waals surface area contributed by atoms with Crippen LogP contribution in [-0.2, 0) is 0 Å². The Hall–Kier alpha value is -1.87. The first-order valence-corrected chi connectivity index (χ1v) is 6.75. The number of rotatable bonds is 3. The van der Waals surface area contributed by atoms with Crippen molar-refractivity contribution in [1.29, 1.82) is 0 Å². The van der Waals surface area contributed by atoms with Gasteiger partial charge in [-0.15, -0.1) is 0 Å². The van der Waals surface area contributed by atoms with E-state index in [0.717, 1.165) is 35.7 Å². The molecule has 19 heavy (non-hydrogen) atoms. The van der Waals surface area contributed by atoms with Crippen LogP contribution in [0, 0.1) is 5.92 Å². The number of nitrogens with one attached hydrogen (secondary N) is 1. The first-order valence-electron chi connectivity index (χ1n) is 6.75. The first-order chi connectivity index (χ1) is 9.22. The average molecular weight is 254 g/mol. The monoisotopic (exact) mass is 254 g/mol. The fourth-order valence-electron chi connectivity index (χ4n) is 2.62. The highest BCUT2D eigenvalue weighted by atomic mass is 16.1. The first kappa shape index (κ1) is 12.2. The SMILES string of the molecule is NC1CC(CNC(=O)c2ccc3ccccc3c2)C1. The van der Waals surface area contributed by atoms with Crippen molar-refractivity contribution in [1.82, 2.24) is 5.32 Å². The largest absolute Gasteiger partial charge is 0.352 e. The van der Waals surface area contributed by atoms with Gasteiger partial charge in [-0.2, -0.15) is 0 Å². The molecule has 2 aromatic rings. The van der Waals surface area contributed by atoms with Gasteiger partial charge in [0.25, 0.3) is 5.91 Å². The Morgan fingerprint density at radius 2 is 1.89 bits per heavy atom. The average Bonchev–Trinajstić information content (AvgIpc) is 2.41. The van der Waals surface area contributed by atoms with Gasteiger partial charge in [0.15, 0.2) is 0 Å². The molecule has 98 valence electrons. The van der Waals surface area contributed by atoms with Gasteiger partial charge in [-0.1, -0.05) is 30.3 Å². The highest BCUT2D eigenvalue weighted by Gasteiger charge is 2.25. The minimum absolute atomic E-state index is 0.00576. The van der Waals surface area contributed by atoms with Crippen LogP contribution in [0.3, 0.4) is 0 Å². The summed E-state index contributed by atoms with van der Waals surface area (Å²) in [6, 6.07) is 14.2. The van der Waals surface area contributed by atoms with E-state index in [2.05, 4.69) is 5.32 Å². The van der Waals surface area contributed by atoms with Crippen LogP contribution in [0.2, 0.25) is 0 Å². The zero-order valence-corrected chi connectivity index (χ0v) is 10.8. The van der Waals surface area contributed by atoms with Gasteiger partial charge in [-0.3, -0.25) is 4.79 Å². The zero-order valence-electron chi connectivity index (χ0n) is 10.8. The summed E-state index contributed by atoms with van der Waals surface area (Å²) in [4.78, 5) is 12.1. The zero-order chi connectivity index (χ0) is 13.2. The van der Waals surface area contributed by atoms with Crippen LogP contribution in [-0.4, -0.2) is 18.5 Å². The Kier molecular flexibility index (Phi) is 3.22. The van der Waals surface area contributed by atoms with E-state index in [9.17, 15) is 4.79 Å². The summed E-state index contributed by atoms with van der Waals surface area (Å²) in [5, 5.41) is 5.25. The van der Waals surface area contributed by atoms with Gasteiger partial charge in [0.1, 0.15) is 0 Å². The molecule has 3 N–H and O–H groups in total. The van der Waals surface area contributed by atoms with Crippen LogP contribution >= 0.6 is 0 Å². The lowest BCUT2D eigenvalue weighted by Gasteiger charge is -2.32. The van der Waals surface area contributed by atoms with Crippen LogP contribution in [0.5, 0.6) is 0 Å². The maximum absolute atomic E-state index is 12.1. The lowest BCUT2D eigenvalue weighted by molar-refractivity contribution is 0.0935. The molecular weight excluding hydrogens is 236 g/mol. The Balaban J connectivity index is 1.67. The van der Waals surface area contributed by atoms with Crippen LogP contribution < -0.4 is 11.1 Å². The summed E-state index contributed by atoms with van der Waals surface area (Å²) in [6.45, 7) is 0.735. The molecule has 1 amide bonds. The molecule has 2 aromatic carbocycles. The van der Waals surface area contributed by atoms with Gasteiger partial charge in [-0.05, 0) is 41.7 Å². The third-order valence-corrected chi connectivity index (χ3v) is 3.84.